The van der Waals surface area contributed by atoms with E-state index in [2.05, 4.69) is 126 Å². The zero-order chi connectivity index (χ0) is 19.5. The van der Waals surface area contributed by atoms with E-state index >= 15 is 0 Å². The fraction of sp³-hybridized carbons (Fsp3) is 0.0370. The summed E-state index contributed by atoms with van der Waals surface area (Å²) in [6.45, 7) is 1.02. The predicted molar refractivity (Wildman–Crippen MR) is 125 cm³/mol. The lowest BCUT2D eigenvalue weighted by atomic mass is 9.45. The summed E-state index contributed by atoms with van der Waals surface area (Å²) in [7, 11) is 0. The summed E-state index contributed by atoms with van der Waals surface area (Å²) >= 11 is 0. The van der Waals surface area contributed by atoms with Crippen LogP contribution in [-0.2, 0) is 6.54 Å². The molecule has 5 rings (SSSR count). The second-order valence-electron chi connectivity index (χ2n) is 7.45. The second kappa shape index (κ2) is 7.85. The maximum atomic E-state index is 2.54. The molecule has 4 aromatic rings. The van der Waals surface area contributed by atoms with Crippen LogP contribution >= 0.6 is 0 Å². The van der Waals surface area contributed by atoms with Gasteiger partial charge in [-0.15, -0.1) is 0 Å². The van der Waals surface area contributed by atoms with Crippen molar-refractivity contribution in [3.8, 4) is 0 Å². The van der Waals surface area contributed by atoms with Crippen LogP contribution in [0.2, 0.25) is 0 Å². The summed E-state index contributed by atoms with van der Waals surface area (Å²) in [6.07, 6.45) is 2.36. The van der Waals surface area contributed by atoms with Crippen LogP contribution in [0.4, 0.5) is 5.69 Å². The van der Waals surface area contributed by atoms with E-state index in [9.17, 15) is 0 Å². The summed E-state index contributed by atoms with van der Waals surface area (Å²) in [5.74, 6) is 0. The molecule has 0 aliphatic carbocycles. The van der Waals surface area contributed by atoms with Gasteiger partial charge in [0.05, 0.1) is 0 Å². The third-order valence-corrected chi connectivity index (χ3v) is 5.58. The molecule has 0 spiro atoms. The number of para-hydroxylation sites is 1. The maximum absolute atomic E-state index is 2.54. The highest BCUT2D eigenvalue weighted by molar-refractivity contribution is 6.94. The minimum Gasteiger partial charge on any atom is -0.402 e. The van der Waals surface area contributed by atoms with Crippen LogP contribution in [0.25, 0.3) is 11.5 Å². The Morgan fingerprint density at radius 3 is 1.90 bits per heavy atom. The Morgan fingerprint density at radius 1 is 0.586 bits per heavy atom. The molecule has 0 fully saturated rings. The van der Waals surface area contributed by atoms with Gasteiger partial charge in [-0.1, -0.05) is 121 Å². The van der Waals surface area contributed by atoms with Gasteiger partial charge < -0.3 is 4.81 Å². The minimum atomic E-state index is 0.161. The number of rotatable bonds is 4. The van der Waals surface area contributed by atoms with Crippen LogP contribution in [0.15, 0.2) is 115 Å². The lowest BCUT2D eigenvalue weighted by molar-refractivity contribution is 1.02. The lowest BCUT2D eigenvalue weighted by Crippen LogP contribution is -2.50. The molecule has 0 unspecified atom stereocenters. The van der Waals surface area contributed by atoms with Crippen molar-refractivity contribution in [3.05, 3.63) is 132 Å². The molecule has 0 N–H and O–H groups in total. The molecule has 1 aliphatic rings. The van der Waals surface area contributed by atoms with E-state index in [0.717, 1.165) is 6.54 Å². The quantitative estimate of drug-likeness (QED) is 0.417. The van der Waals surface area contributed by atoms with E-state index in [-0.39, 0.29) is 6.85 Å². The molecule has 0 amide bonds. The number of benzene rings is 4. The third-order valence-electron chi connectivity index (χ3n) is 5.58. The first-order valence-corrected chi connectivity index (χ1v) is 10.1. The van der Waals surface area contributed by atoms with Gasteiger partial charge in [0.2, 0.25) is 0 Å². The molecule has 1 heterocycles. The molecule has 29 heavy (non-hydrogen) atoms. The molecule has 4 aromatic carbocycles. The van der Waals surface area contributed by atoms with Gasteiger partial charge in [-0.2, -0.15) is 0 Å². The van der Waals surface area contributed by atoms with Crippen molar-refractivity contribution in [1.29, 1.82) is 0 Å². The van der Waals surface area contributed by atoms with Gasteiger partial charge in [-0.25, -0.2) is 0 Å². The average Bonchev–Trinajstić information content (AvgIpc) is 2.81. The minimum absolute atomic E-state index is 0.161. The summed E-state index contributed by atoms with van der Waals surface area (Å²) in [5.41, 5.74) is 7.80. The monoisotopic (exact) mass is 371 g/mol. The summed E-state index contributed by atoms with van der Waals surface area (Å²) in [4.78, 5) is 2.54. The van der Waals surface area contributed by atoms with E-state index in [4.69, 9.17) is 0 Å². The van der Waals surface area contributed by atoms with E-state index in [0.29, 0.717) is 0 Å². The highest BCUT2D eigenvalue weighted by atomic mass is 15.1. The zero-order valence-electron chi connectivity index (χ0n) is 16.3. The predicted octanol–water partition coefficient (Wildman–Crippen LogP) is 5.69. The molecule has 2 heteroatoms. The van der Waals surface area contributed by atoms with Crippen LogP contribution in [0.3, 0.4) is 0 Å². The SMILES string of the molecule is C1=C(c2ccccc2)B(c2ccccc2)N(Cc2ccccc2)c2ccccc21. The second-order valence-corrected chi connectivity index (χ2v) is 7.45. The van der Waals surface area contributed by atoms with Gasteiger partial charge in [0.15, 0.2) is 0 Å². The molecule has 1 aliphatic heterocycles. The molecule has 0 saturated carbocycles. The van der Waals surface area contributed by atoms with Gasteiger partial charge in [-0.3, -0.25) is 0 Å². The number of anilines is 1. The van der Waals surface area contributed by atoms with Crippen molar-refractivity contribution in [1.82, 2.24) is 0 Å². The average molecular weight is 371 g/mol. The van der Waals surface area contributed by atoms with Crippen molar-refractivity contribution in [3.63, 3.8) is 0 Å². The summed E-state index contributed by atoms with van der Waals surface area (Å²) < 4.78 is 0. The van der Waals surface area contributed by atoms with E-state index < -0.39 is 0 Å². The molecular weight excluding hydrogens is 349 g/mol. The number of nitrogens with zero attached hydrogens (tertiary/aromatic N) is 1. The van der Waals surface area contributed by atoms with Crippen molar-refractivity contribution in [2.24, 2.45) is 0 Å². The Hall–Kier alpha value is -3.52. The summed E-state index contributed by atoms with van der Waals surface area (Å²) in [5, 5.41) is 0. The zero-order valence-corrected chi connectivity index (χ0v) is 16.3. The third kappa shape index (κ3) is 3.50. The highest BCUT2D eigenvalue weighted by Gasteiger charge is 2.34. The van der Waals surface area contributed by atoms with Crippen LogP contribution in [-0.4, -0.2) is 6.85 Å². The van der Waals surface area contributed by atoms with Crippen LogP contribution in [0.5, 0.6) is 0 Å². The van der Waals surface area contributed by atoms with Crippen LogP contribution < -0.4 is 10.3 Å². The maximum Gasteiger partial charge on any atom is 0.324 e. The van der Waals surface area contributed by atoms with Crippen LogP contribution in [0, 0.1) is 0 Å². The standard InChI is InChI=1S/C27H22BN/c1-4-12-22(13-5-1)21-29-27-19-11-10-16-24(27)20-26(23-14-6-2-7-15-23)28(29)25-17-8-3-9-18-25/h1-20H,21H2. The van der Waals surface area contributed by atoms with Crippen molar-refractivity contribution in [2.75, 3.05) is 4.81 Å². The Kier molecular flexibility index (Phi) is 4.76. The first kappa shape index (κ1) is 17.6. The Balaban J connectivity index is 1.71. The van der Waals surface area contributed by atoms with Gasteiger partial charge in [0, 0.05) is 12.2 Å². The number of hydrogen-bond acceptors (Lipinski definition) is 1. The van der Waals surface area contributed by atoms with Crippen molar-refractivity contribution in [2.45, 2.75) is 6.54 Å². The van der Waals surface area contributed by atoms with Crippen LogP contribution in [0.1, 0.15) is 16.7 Å². The molecule has 0 atom stereocenters. The molecule has 1 nitrogen and oxygen atoms in total. The van der Waals surface area contributed by atoms with E-state index in [1.807, 2.05) is 0 Å². The molecule has 138 valence electrons. The Labute approximate surface area is 173 Å². The largest absolute Gasteiger partial charge is 0.402 e. The first-order chi connectivity index (χ1) is 14.4. The topological polar surface area (TPSA) is 3.24 Å². The van der Waals surface area contributed by atoms with E-state index in [1.54, 1.807) is 0 Å². The smallest absolute Gasteiger partial charge is 0.324 e. The Bertz CT molecular complexity index is 1120. The lowest BCUT2D eigenvalue weighted by Gasteiger charge is -2.38. The van der Waals surface area contributed by atoms with Gasteiger partial charge in [0.1, 0.15) is 0 Å². The van der Waals surface area contributed by atoms with Gasteiger partial charge in [-0.05, 0) is 28.2 Å². The highest BCUT2D eigenvalue weighted by Crippen LogP contribution is 2.36. The normalized spacial score (nSPS) is 13.0. The van der Waals surface area contributed by atoms with E-state index in [1.165, 1.54) is 33.3 Å². The number of fused-ring (bicyclic) bond motifs is 1. The fourth-order valence-corrected chi connectivity index (χ4v) is 4.25. The van der Waals surface area contributed by atoms with Gasteiger partial charge >= 0.3 is 6.85 Å². The molecule has 0 saturated heterocycles. The molecule has 0 aromatic heterocycles. The Morgan fingerprint density at radius 2 is 1.17 bits per heavy atom. The van der Waals surface area contributed by atoms with Crippen molar-refractivity contribution >= 4 is 29.5 Å². The molecule has 0 bridgehead atoms. The first-order valence-electron chi connectivity index (χ1n) is 10.1. The molecular formula is C27H22BN. The molecule has 0 radical (unpaired) electrons. The fourth-order valence-electron chi connectivity index (χ4n) is 4.25. The van der Waals surface area contributed by atoms with Crippen molar-refractivity contribution < 1.29 is 0 Å². The number of hydrogen-bond donors (Lipinski definition) is 0. The van der Waals surface area contributed by atoms with Gasteiger partial charge in [0.25, 0.3) is 0 Å². The summed E-state index contributed by atoms with van der Waals surface area (Å²) in [6, 6.07) is 41.1.